The lowest BCUT2D eigenvalue weighted by atomic mass is 9.43. The maximum absolute atomic E-state index is 14.1. The number of esters is 4. The van der Waals surface area contributed by atoms with Gasteiger partial charge in [-0.2, -0.15) is 30.4 Å². The van der Waals surface area contributed by atoms with E-state index in [1.54, 1.807) is 0 Å². The molecule has 300 valence electrons. The van der Waals surface area contributed by atoms with Gasteiger partial charge in [-0.3, -0.25) is 18.9 Å². The summed E-state index contributed by atoms with van der Waals surface area (Å²) < 4.78 is 127. The zero-order chi connectivity index (χ0) is 39.6. The summed E-state index contributed by atoms with van der Waals surface area (Å²) >= 11 is 0. The topological polar surface area (TPSA) is 169 Å². The molecule has 5 rings (SSSR count). The number of allylic oxidation sites excluding steroid dienone is 2. The Balaban J connectivity index is 1.50. The highest BCUT2D eigenvalue weighted by Crippen LogP contribution is 2.71. The number of rotatable bonds is 9. The van der Waals surface area contributed by atoms with E-state index in [1.165, 1.54) is 20.8 Å². The van der Waals surface area contributed by atoms with Crippen molar-refractivity contribution in [1.82, 2.24) is 0 Å². The molecule has 5 aliphatic carbocycles. The molecule has 12 nitrogen and oxygen atoms in total. The largest absolute Gasteiger partial charge is 0.486 e. The van der Waals surface area contributed by atoms with Crippen LogP contribution >= 0.6 is 0 Å². The molecule has 53 heavy (non-hydrogen) atoms. The highest BCUT2D eigenvalue weighted by atomic mass is 32.2. The molecule has 4 unspecified atom stereocenters. The van der Waals surface area contributed by atoms with E-state index in [1.807, 2.05) is 13.8 Å². The van der Waals surface area contributed by atoms with E-state index < -0.39 is 69.8 Å². The Morgan fingerprint density at radius 3 is 2.09 bits per heavy atom. The average molecular weight is 787 g/mol. The van der Waals surface area contributed by atoms with Gasteiger partial charge in [0.25, 0.3) is 6.10 Å². The number of hydrogen-bond donors (Lipinski definition) is 1. The Morgan fingerprint density at radius 1 is 0.906 bits per heavy atom. The molecule has 4 fully saturated rings. The standard InChI is InChI=1S/C35H47F5O12S/c1-16-7-8-25(48-15-28(44)52-31(34(36,37)38)35(39,40)53(45,46)47)22-13-24-29-23(14-27(51-19(4)43)33(24,6)30(16)22)32(5)10-9-21(49-17(2)41)11-20(32)12-26(29)50-18(3)42/h16,20-21,23-24,26-27,29-31H,7-15H2,1-6H3,(H,45,46,47)/t16-,20+,21?,23+,24+,26?,27?,29-,30+,31?,32+,33-/m1/s1. The SMILES string of the molecule is CC(=O)OC1CC[C@@]2(C)[C@@H](C1)CC(OC(C)=O)[C@@H]1[C@@H]2CC(OC(C)=O)[C@]2(C)[C@@H]3C(=C(OCC(=O)OC(C(F)(F)F)C(F)(F)S(=O)(=O)O)CC[C@H]3C)C[C@@H]12. The molecular formula is C35H47F5O12S. The molecule has 0 saturated heterocycles. The third kappa shape index (κ3) is 7.51. The van der Waals surface area contributed by atoms with Gasteiger partial charge in [0.1, 0.15) is 18.3 Å². The van der Waals surface area contributed by atoms with Gasteiger partial charge in [0, 0.05) is 38.5 Å². The second-order valence-corrected chi connectivity index (χ2v) is 17.5. The van der Waals surface area contributed by atoms with Gasteiger partial charge >= 0.3 is 45.4 Å². The summed E-state index contributed by atoms with van der Waals surface area (Å²) in [6, 6.07) is 0. The zero-order valence-electron chi connectivity index (χ0n) is 30.4. The van der Waals surface area contributed by atoms with E-state index in [0.29, 0.717) is 50.5 Å². The van der Waals surface area contributed by atoms with Gasteiger partial charge in [0.15, 0.2) is 6.61 Å². The van der Waals surface area contributed by atoms with Gasteiger partial charge in [-0.15, -0.1) is 0 Å². The predicted octanol–water partition coefficient (Wildman–Crippen LogP) is 5.93. The van der Waals surface area contributed by atoms with Crippen LogP contribution in [0.25, 0.3) is 0 Å². The summed E-state index contributed by atoms with van der Waals surface area (Å²) in [6.07, 6.45) is -8.13. The van der Waals surface area contributed by atoms with Crippen molar-refractivity contribution >= 4 is 34.0 Å². The number of carbonyl (C=O) groups excluding carboxylic acids is 4. The number of ether oxygens (including phenoxy) is 5. The Bertz CT molecular complexity index is 1630. The summed E-state index contributed by atoms with van der Waals surface area (Å²) in [5.74, 6) is -4.02. The molecule has 0 heterocycles. The molecule has 4 saturated carbocycles. The van der Waals surface area contributed by atoms with E-state index in [4.69, 9.17) is 23.5 Å². The van der Waals surface area contributed by atoms with Gasteiger partial charge in [-0.05, 0) is 85.5 Å². The van der Waals surface area contributed by atoms with Crippen molar-refractivity contribution < 1.29 is 77.8 Å². The first kappa shape index (κ1) is 41.1. The van der Waals surface area contributed by atoms with Crippen LogP contribution in [0.3, 0.4) is 0 Å². The summed E-state index contributed by atoms with van der Waals surface area (Å²) in [5, 5.41) is -5.89. The van der Waals surface area contributed by atoms with Crippen LogP contribution in [0.2, 0.25) is 0 Å². The molecule has 0 spiro atoms. The Labute approximate surface area is 304 Å². The van der Waals surface area contributed by atoms with Crippen molar-refractivity contribution in [2.75, 3.05) is 6.61 Å². The van der Waals surface area contributed by atoms with Crippen molar-refractivity contribution in [3.63, 3.8) is 0 Å². The van der Waals surface area contributed by atoms with Gasteiger partial charge in [-0.25, -0.2) is 4.79 Å². The van der Waals surface area contributed by atoms with E-state index >= 15 is 0 Å². The first-order valence-corrected chi connectivity index (χ1v) is 19.2. The van der Waals surface area contributed by atoms with Crippen molar-refractivity contribution in [2.45, 2.75) is 129 Å². The molecule has 5 aliphatic rings. The molecule has 0 radical (unpaired) electrons. The zero-order valence-corrected chi connectivity index (χ0v) is 31.2. The fourth-order valence-electron chi connectivity index (χ4n) is 10.9. The minimum absolute atomic E-state index is 0.00832. The molecule has 1 N–H and O–H groups in total. The van der Waals surface area contributed by atoms with Crippen molar-refractivity contribution in [2.24, 2.45) is 46.3 Å². The molecule has 0 aromatic heterocycles. The quantitative estimate of drug-likeness (QED) is 0.127. The second kappa shape index (κ2) is 14.2. The van der Waals surface area contributed by atoms with Gasteiger partial charge < -0.3 is 23.7 Å². The minimum Gasteiger partial charge on any atom is -0.486 e. The van der Waals surface area contributed by atoms with E-state index in [2.05, 4.69) is 11.7 Å². The van der Waals surface area contributed by atoms with Crippen molar-refractivity contribution in [3.8, 4) is 0 Å². The monoisotopic (exact) mass is 786 g/mol. The number of fused-ring (bicyclic) bond motifs is 7. The van der Waals surface area contributed by atoms with Crippen LogP contribution in [0.4, 0.5) is 22.0 Å². The van der Waals surface area contributed by atoms with Crippen LogP contribution in [-0.4, -0.2) is 79.3 Å². The lowest BCUT2D eigenvalue weighted by Crippen LogP contribution is -2.63. The maximum atomic E-state index is 14.1. The smallest absolute Gasteiger partial charge is 0.432 e. The summed E-state index contributed by atoms with van der Waals surface area (Å²) in [5.41, 5.74) is -0.356. The number of hydrogen-bond acceptors (Lipinski definition) is 11. The predicted molar refractivity (Wildman–Crippen MR) is 172 cm³/mol. The molecular weight excluding hydrogens is 739 g/mol. The van der Waals surface area contributed by atoms with E-state index in [9.17, 15) is 49.5 Å². The van der Waals surface area contributed by atoms with E-state index in [-0.39, 0.29) is 65.2 Å². The van der Waals surface area contributed by atoms with Gasteiger partial charge in [-0.1, -0.05) is 20.8 Å². The number of carbonyl (C=O) groups is 4. The Kier molecular flexibility index (Phi) is 11.1. The lowest BCUT2D eigenvalue weighted by Gasteiger charge is -2.64. The summed E-state index contributed by atoms with van der Waals surface area (Å²) in [6.45, 7) is 8.93. The third-order valence-electron chi connectivity index (χ3n) is 12.9. The first-order valence-electron chi connectivity index (χ1n) is 17.8. The molecule has 0 bridgehead atoms. The molecule has 0 aliphatic heterocycles. The molecule has 12 atom stereocenters. The summed E-state index contributed by atoms with van der Waals surface area (Å²) in [7, 11) is -6.63. The van der Waals surface area contributed by atoms with Crippen molar-refractivity contribution in [3.05, 3.63) is 11.3 Å². The normalized spacial score (nSPS) is 37.5. The highest BCUT2D eigenvalue weighted by Gasteiger charge is 2.70. The minimum atomic E-state index is -6.63. The number of alkyl halides is 5. The van der Waals surface area contributed by atoms with Crippen LogP contribution in [-0.2, 0) is 53.0 Å². The van der Waals surface area contributed by atoms with E-state index in [0.717, 1.165) is 0 Å². The highest BCUT2D eigenvalue weighted by molar-refractivity contribution is 7.86. The molecule has 0 aromatic rings. The molecule has 0 aromatic carbocycles. The second-order valence-electron chi connectivity index (χ2n) is 16.0. The fraction of sp³-hybridized carbons (Fsp3) is 0.829. The fourth-order valence-corrected chi connectivity index (χ4v) is 11.4. The van der Waals surface area contributed by atoms with Crippen molar-refractivity contribution in [1.29, 1.82) is 0 Å². The van der Waals surface area contributed by atoms with Crippen LogP contribution in [0.5, 0.6) is 0 Å². The van der Waals surface area contributed by atoms with Crippen LogP contribution < -0.4 is 0 Å². The Morgan fingerprint density at radius 2 is 1.53 bits per heavy atom. The average Bonchev–Trinajstić information content (AvgIpc) is 3.33. The summed E-state index contributed by atoms with van der Waals surface area (Å²) in [4.78, 5) is 49.6. The first-order chi connectivity index (χ1) is 24.3. The van der Waals surface area contributed by atoms with Crippen LogP contribution in [0, 0.1) is 46.3 Å². The van der Waals surface area contributed by atoms with Gasteiger partial charge in [0.05, 0.1) is 5.76 Å². The van der Waals surface area contributed by atoms with Crippen LogP contribution in [0.15, 0.2) is 11.3 Å². The number of halogens is 5. The third-order valence-corrected chi connectivity index (χ3v) is 13.8. The molecule has 18 heteroatoms. The van der Waals surface area contributed by atoms with Crippen LogP contribution in [0.1, 0.15) is 92.9 Å². The molecule has 0 amide bonds. The maximum Gasteiger partial charge on any atom is 0.432 e. The van der Waals surface area contributed by atoms with Gasteiger partial charge in [0.2, 0.25) is 0 Å². The Hall–Kier alpha value is -3.02. The lowest BCUT2D eigenvalue weighted by molar-refractivity contribution is -0.260.